The lowest BCUT2D eigenvalue weighted by molar-refractivity contribution is -0.137. The lowest BCUT2D eigenvalue weighted by Gasteiger charge is -2.35. The van der Waals surface area contributed by atoms with E-state index >= 15 is 0 Å². The van der Waals surface area contributed by atoms with Crippen LogP contribution >= 0.6 is 12.4 Å². The van der Waals surface area contributed by atoms with Crippen LogP contribution in [0, 0.1) is 0 Å². The van der Waals surface area contributed by atoms with E-state index < -0.39 is 6.04 Å². The maximum atomic E-state index is 12.9. The van der Waals surface area contributed by atoms with Crippen molar-refractivity contribution in [2.75, 3.05) is 27.2 Å². The molecule has 2 rings (SSSR count). The Balaban J connectivity index is 0.00000312. The predicted octanol–water partition coefficient (Wildman–Crippen LogP) is 1.37. The highest BCUT2D eigenvalue weighted by molar-refractivity contribution is 5.87. The Hall–Kier alpha value is -1.79. The molecule has 0 aromatic heterocycles. The van der Waals surface area contributed by atoms with Gasteiger partial charge in [0.2, 0.25) is 11.8 Å². The number of amides is 2. The quantitative estimate of drug-likeness (QED) is 0.794. The Labute approximate surface area is 155 Å². The molecule has 0 aliphatic carbocycles. The van der Waals surface area contributed by atoms with Gasteiger partial charge in [-0.1, -0.05) is 12.1 Å². The molecule has 1 saturated heterocycles. The van der Waals surface area contributed by atoms with E-state index in [-0.39, 0.29) is 24.2 Å². The molecule has 25 heavy (non-hydrogen) atoms. The molecule has 1 aliphatic heterocycles. The summed E-state index contributed by atoms with van der Waals surface area (Å²) < 4.78 is 5.23. The Morgan fingerprint density at radius 1 is 1.40 bits per heavy atom. The number of halogens is 1. The number of hydrogen-bond donors (Lipinski definition) is 2. The molecule has 1 heterocycles. The molecule has 2 atom stereocenters. The molecule has 0 spiro atoms. The number of nitrogens with one attached hydrogen (secondary N) is 2. The maximum absolute atomic E-state index is 12.9. The zero-order valence-electron chi connectivity index (χ0n) is 15.1. The molecule has 6 nitrogen and oxygen atoms in total. The topological polar surface area (TPSA) is 70.7 Å². The first kappa shape index (κ1) is 21.3. The predicted molar refractivity (Wildman–Crippen MR) is 100 cm³/mol. The van der Waals surface area contributed by atoms with Crippen LogP contribution in [0.4, 0.5) is 0 Å². The van der Waals surface area contributed by atoms with Crippen molar-refractivity contribution in [2.45, 2.75) is 38.3 Å². The average Bonchev–Trinajstić information content (AvgIpc) is 2.60. The van der Waals surface area contributed by atoms with Gasteiger partial charge in [-0.25, -0.2) is 0 Å². The Morgan fingerprint density at radius 2 is 2.16 bits per heavy atom. The second-order valence-corrected chi connectivity index (χ2v) is 6.22. The van der Waals surface area contributed by atoms with Gasteiger partial charge in [0.1, 0.15) is 11.8 Å². The van der Waals surface area contributed by atoms with Crippen molar-refractivity contribution in [1.29, 1.82) is 0 Å². The second kappa shape index (κ2) is 10.3. The zero-order valence-corrected chi connectivity index (χ0v) is 15.9. The van der Waals surface area contributed by atoms with Crippen LogP contribution in [0.15, 0.2) is 24.3 Å². The Kier molecular flexibility index (Phi) is 8.72. The lowest BCUT2D eigenvalue weighted by Crippen LogP contribution is -2.54. The molecule has 0 saturated carbocycles. The fourth-order valence-corrected chi connectivity index (χ4v) is 3.11. The van der Waals surface area contributed by atoms with Crippen molar-refractivity contribution in [3.8, 4) is 5.75 Å². The van der Waals surface area contributed by atoms with Gasteiger partial charge in [-0.05, 0) is 37.6 Å². The molecule has 2 N–H and O–H groups in total. The number of benzene rings is 1. The number of carbonyl (C=O) groups excluding carboxylic acids is 2. The van der Waals surface area contributed by atoms with Gasteiger partial charge in [-0.2, -0.15) is 0 Å². The van der Waals surface area contributed by atoms with Gasteiger partial charge in [-0.15, -0.1) is 12.4 Å². The summed E-state index contributed by atoms with van der Waals surface area (Å²) in [7, 11) is 3.53. The number of methoxy groups -OCH3 is 1. The fourth-order valence-electron chi connectivity index (χ4n) is 3.11. The van der Waals surface area contributed by atoms with Gasteiger partial charge < -0.3 is 20.3 Å². The minimum Gasteiger partial charge on any atom is -0.497 e. The van der Waals surface area contributed by atoms with Gasteiger partial charge in [0, 0.05) is 32.5 Å². The molecule has 0 bridgehead atoms. The van der Waals surface area contributed by atoms with Crippen LogP contribution < -0.4 is 15.4 Å². The van der Waals surface area contributed by atoms with Crippen molar-refractivity contribution >= 4 is 24.2 Å². The number of rotatable bonds is 6. The van der Waals surface area contributed by atoms with Gasteiger partial charge in [-0.3, -0.25) is 9.59 Å². The first-order valence-corrected chi connectivity index (χ1v) is 8.39. The standard InChI is InChI=1S/C18H27N3O3.ClH/c1-13(22)20-17(11-14-6-4-8-16(10-14)24-3)18(23)21-9-5-7-15(12-21)19-2;/h4,6,8,10,15,17,19H,5,7,9,11-12H2,1-3H3,(H,20,22);1H. The number of carbonyl (C=O) groups is 2. The molecule has 2 unspecified atom stereocenters. The molecular weight excluding hydrogens is 342 g/mol. The van der Waals surface area contributed by atoms with E-state index in [0.717, 1.165) is 30.7 Å². The molecule has 1 fully saturated rings. The molecule has 7 heteroatoms. The maximum Gasteiger partial charge on any atom is 0.245 e. The second-order valence-electron chi connectivity index (χ2n) is 6.22. The van der Waals surface area contributed by atoms with Gasteiger partial charge >= 0.3 is 0 Å². The van der Waals surface area contributed by atoms with Gasteiger partial charge in [0.15, 0.2) is 0 Å². The smallest absolute Gasteiger partial charge is 0.245 e. The third-order valence-electron chi connectivity index (χ3n) is 4.39. The monoisotopic (exact) mass is 369 g/mol. The summed E-state index contributed by atoms with van der Waals surface area (Å²) in [6.45, 7) is 2.87. The molecule has 0 radical (unpaired) electrons. The summed E-state index contributed by atoms with van der Waals surface area (Å²) in [5.41, 5.74) is 0.962. The summed E-state index contributed by atoms with van der Waals surface area (Å²) in [6, 6.07) is 7.36. The van der Waals surface area contributed by atoms with Crippen LogP contribution in [0.3, 0.4) is 0 Å². The van der Waals surface area contributed by atoms with Crippen molar-refractivity contribution in [3.05, 3.63) is 29.8 Å². The van der Waals surface area contributed by atoms with Crippen LogP contribution in [0.2, 0.25) is 0 Å². The SMILES string of the molecule is CNC1CCCN(C(=O)C(Cc2cccc(OC)c2)NC(C)=O)C1.Cl. The van der Waals surface area contributed by atoms with E-state index in [1.807, 2.05) is 36.2 Å². The van der Waals surface area contributed by atoms with Crippen LogP contribution in [-0.4, -0.2) is 56.0 Å². The molecule has 140 valence electrons. The van der Waals surface area contributed by atoms with Gasteiger partial charge in [0.25, 0.3) is 0 Å². The largest absolute Gasteiger partial charge is 0.497 e. The molecular formula is C18H28ClN3O3. The number of likely N-dealkylation sites (N-methyl/N-ethyl adjacent to an activating group) is 1. The van der Waals surface area contributed by atoms with Crippen LogP contribution in [0.1, 0.15) is 25.3 Å². The van der Waals surface area contributed by atoms with Crippen molar-refractivity contribution < 1.29 is 14.3 Å². The number of ether oxygens (including phenoxy) is 1. The van der Waals surface area contributed by atoms with E-state index in [4.69, 9.17) is 4.74 Å². The summed E-state index contributed by atoms with van der Waals surface area (Å²) in [5, 5.41) is 6.04. The first-order chi connectivity index (χ1) is 11.5. The Morgan fingerprint density at radius 3 is 2.80 bits per heavy atom. The van der Waals surface area contributed by atoms with Crippen LogP contribution in [-0.2, 0) is 16.0 Å². The summed E-state index contributed by atoms with van der Waals surface area (Å²) >= 11 is 0. The van der Waals surface area contributed by atoms with Gasteiger partial charge in [0.05, 0.1) is 7.11 Å². The van der Waals surface area contributed by atoms with E-state index in [1.54, 1.807) is 7.11 Å². The molecule has 1 aromatic carbocycles. The minimum absolute atomic E-state index is 0. The first-order valence-electron chi connectivity index (χ1n) is 8.39. The zero-order chi connectivity index (χ0) is 17.5. The number of hydrogen-bond acceptors (Lipinski definition) is 4. The Bertz CT molecular complexity index is 582. The highest BCUT2D eigenvalue weighted by Gasteiger charge is 2.29. The van der Waals surface area contributed by atoms with E-state index in [1.165, 1.54) is 6.92 Å². The number of nitrogens with zero attached hydrogens (tertiary/aromatic N) is 1. The normalized spacial score (nSPS) is 18.0. The average molecular weight is 370 g/mol. The number of likely N-dealkylation sites (tertiary alicyclic amines) is 1. The lowest BCUT2D eigenvalue weighted by atomic mass is 10.0. The number of piperidine rings is 1. The molecule has 1 aromatic rings. The van der Waals surface area contributed by atoms with E-state index in [0.29, 0.717) is 19.0 Å². The van der Waals surface area contributed by atoms with Crippen molar-refractivity contribution in [1.82, 2.24) is 15.5 Å². The third-order valence-corrected chi connectivity index (χ3v) is 4.39. The molecule has 1 aliphatic rings. The van der Waals surface area contributed by atoms with Crippen molar-refractivity contribution in [3.63, 3.8) is 0 Å². The molecule has 2 amide bonds. The highest BCUT2D eigenvalue weighted by atomic mass is 35.5. The third kappa shape index (κ3) is 6.21. The van der Waals surface area contributed by atoms with Crippen molar-refractivity contribution in [2.24, 2.45) is 0 Å². The summed E-state index contributed by atoms with van der Waals surface area (Å²) in [4.78, 5) is 26.3. The van der Waals surface area contributed by atoms with E-state index in [9.17, 15) is 9.59 Å². The summed E-state index contributed by atoms with van der Waals surface area (Å²) in [5.74, 6) is 0.529. The van der Waals surface area contributed by atoms with E-state index in [2.05, 4.69) is 10.6 Å². The summed E-state index contributed by atoms with van der Waals surface area (Å²) in [6.07, 6.45) is 2.50. The fraction of sp³-hybridized carbons (Fsp3) is 0.556. The van der Waals surface area contributed by atoms with Crippen LogP contribution in [0.5, 0.6) is 5.75 Å². The highest BCUT2D eigenvalue weighted by Crippen LogP contribution is 2.16. The minimum atomic E-state index is -0.551. The van der Waals surface area contributed by atoms with Crippen LogP contribution in [0.25, 0.3) is 0 Å².